The minimum atomic E-state index is -6.01. The maximum atomic E-state index is 13.8. The molecular formula is C15H10F6O2. The van der Waals surface area contributed by atoms with Crippen molar-refractivity contribution in [3.63, 3.8) is 0 Å². The highest BCUT2D eigenvalue weighted by molar-refractivity contribution is 5.51. The summed E-state index contributed by atoms with van der Waals surface area (Å²) < 4.78 is 82.8. The second kappa shape index (κ2) is 5.77. The Bertz CT molecular complexity index is 673. The van der Waals surface area contributed by atoms with Gasteiger partial charge in [-0.1, -0.05) is 18.2 Å². The van der Waals surface area contributed by atoms with Crippen molar-refractivity contribution in [1.29, 1.82) is 0 Å². The summed E-state index contributed by atoms with van der Waals surface area (Å²) in [6, 6.07) is 6.16. The summed E-state index contributed by atoms with van der Waals surface area (Å²) in [5, 5.41) is 10.0. The second-order valence-corrected chi connectivity index (χ2v) is 4.70. The molecule has 124 valence electrons. The summed E-state index contributed by atoms with van der Waals surface area (Å²) in [4.78, 5) is 0. The Morgan fingerprint density at radius 3 is 2.04 bits per heavy atom. The van der Waals surface area contributed by atoms with Gasteiger partial charge in [0.15, 0.2) is 0 Å². The lowest BCUT2D eigenvalue weighted by atomic mass is 9.90. The van der Waals surface area contributed by atoms with Crippen molar-refractivity contribution >= 4 is 6.08 Å². The third-order valence-electron chi connectivity index (χ3n) is 3.12. The minimum Gasteiger partial charge on any atom is -0.466 e. The fourth-order valence-corrected chi connectivity index (χ4v) is 1.84. The van der Waals surface area contributed by atoms with Crippen LogP contribution in [0, 0.1) is 5.82 Å². The predicted molar refractivity (Wildman–Crippen MR) is 69.0 cm³/mol. The molecule has 0 amide bonds. The molecular weight excluding hydrogens is 326 g/mol. The molecule has 0 saturated carbocycles. The number of benzene rings is 1. The molecule has 1 aromatic carbocycles. The average molecular weight is 336 g/mol. The third kappa shape index (κ3) is 3.12. The highest BCUT2D eigenvalue weighted by Crippen LogP contribution is 2.49. The molecule has 2 rings (SSSR count). The van der Waals surface area contributed by atoms with Gasteiger partial charge in [-0.25, -0.2) is 4.39 Å². The van der Waals surface area contributed by atoms with Gasteiger partial charge in [0.25, 0.3) is 0 Å². The minimum absolute atomic E-state index is 0.120. The Balaban J connectivity index is 2.49. The van der Waals surface area contributed by atoms with Gasteiger partial charge >= 0.3 is 12.1 Å². The fraction of sp³-hybridized carbons (Fsp3) is 0.200. The van der Waals surface area contributed by atoms with Gasteiger partial charge in [-0.05, 0) is 35.9 Å². The number of hydrogen-bond donors (Lipinski definition) is 1. The molecule has 0 radical (unpaired) electrons. The van der Waals surface area contributed by atoms with Crippen LogP contribution in [0.1, 0.15) is 11.3 Å². The molecule has 1 aromatic heterocycles. The molecule has 0 aliphatic heterocycles. The van der Waals surface area contributed by atoms with Crippen LogP contribution in [0.5, 0.6) is 0 Å². The highest BCUT2D eigenvalue weighted by Gasteiger charge is 2.70. The van der Waals surface area contributed by atoms with Crippen molar-refractivity contribution in [2.24, 2.45) is 0 Å². The SMILES string of the molecule is OC(/C=C/c1ccc(F)cc1)(c1ccco1)C(F)(F)C(F)(F)F. The topological polar surface area (TPSA) is 33.4 Å². The van der Waals surface area contributed by atoms with Gasteiger partial charge in [-0.2, -0.15) is 22.0 Å². The monoisotopic (exact) mass is 336 g/mol. The van der Waals surface area contributed by atoms with E-state index in [1.54, 1.807) is 0 Å². The van der Waals surface area contributed by atoms with E-state index in [4.69, 9.17) is 0 Å². The van der Waals surface area contributed by atoms with E-state index >= 15 is 0 Å². The van der Waals surface area contributed by atoms with Gasteiger partial charge in [-0.15, -0.1) is 0 Å². The number of rotatable bonds is 4. The van der Waals surface area contributed by atoms with Crippen LogP contribution in [0.15, 0.2) is 53.2 Å². The first kappa shape index (κ1) is 17.1. The summed E-state index contributed by atoms with van der Waals surface area (Å²) in [7, 11) is 0. The number of furan rings is 1. The lowest BCUT2D eigenvalue weighted by Gasteiger charge is -2.32. The molecule has 0 spiro atoms. The molecule has 0 bridgehead atoms. The number of halogens is 6. The molecule has 1 atom stereocenters. The maximum absolute atomic E-state index is 13.8. The molecule has 1 unspecified atom stereocenters. The zero-order valence-electron chi connectivity index (χ0n) is 11.3. The standard InChI is InChI=1S/C15H10F6O2/c16-11-5-3-10(4-6-11)7-8-13(22,12-2-1-9-23-12)14(17,18)15(19,20)21/h1-9,22H/b8-7+. The van der Waals surface area contributed by atoms with Crippen LogP contribution in [-0.2, 0) is 5.60 Å². The average Bonchev–Trinajstić information content (AvgIpc) is 2.99. The number of aliphatic hydroxyl groups is 1. The van der Waals surface area contributed by atoms with Crippen molar-refractivity contribution in [2.75, 3.05) is 0 Å². The van der Waals surface area contributed by atoms with Crippen LogP contribution in [-0.4, -0.2) is 17.2 Å². The van der Waals surface area contributed by atoms with Crippen molar-refractivity contribution in [1.82, 2.24) is 0 Å². The van der Waals surface area contributed by atoms with Crippen LogP contribution >= 0.6 is 0 Å². The van der Waals surface area contributed by atoms with Crippen molar-refractivity contribution in [2.45, 2.75) is 17.7 Å². The Labute approximate surface area is 126 Å². The zero-order chi connectivity index (χ0) is 17.3. The van der Waals surface area contributed by atoms with Crippen LogP contribution in [0.25, 0.3) is 6.08 Å². The first-order chi connectivity index (χ1) is 10.6. The van der Waals surface area contributed by atoms with Gasteiger partial charge in [0.2, 0.25) is 5.60 Å². The van der Waals surface area contributed by atoms with Gasteiger partial charge < -0.3 is 9.52 Å². The Kier molecular flexibility index (Phi) is 4.30. The van der Waals surface area contributed by atoms with E-state index in [0.29, 0.717) is 0 Å². The fourth-order valence-electron chi connectivity index (χ4n) is 1.84. The molecule has 1 N–H and O–H groups in total. The van der Waals surface area contributed by atoms with Crippen LogP contribution in [0.3, 0.4) is 0 Å². The summed E-state index contributed by atoms with van der Waals surface area (Å²) in [5.74, 6) is -7.09. The van der Waals surface area contributed by atoms with E-state index in [1.807, 2.05) is 0 Å². The molecule has 2 nitrogen and oxygen atoms in total. The smallest absolute Gasteiger partial charge is 0.457 e. The summed E-state index contributed by atoms with van der Waals surface area (Å²) in [5.41, 5.74) is -3.63. The van der Waals surface area contributed by atoms with E-state index in [9.17, 15) is 31.4 Å². The van der Waals surface area contributed by atoms with Gasteiger partial charge in [-0.3, -0.25) is 0 Å². The molecule has 8 heteroatoms. The van der Waals surface area contributed by atoms with Gasteiger partial charge in [0.05, 0.1) is 6.26 Å². The van der Waals surface area contributed by atoms with E-state index < -0.39 is 29.3 Å². The molecule has 0 saturated heterocycles. The lowest BCUT2D eigenvalue weighted by molar-refractivity contribution is -0.337. The maximum Gasteiger partial charge on any atom is 0.457 e. The number of hydrogen-bond acceptors (Lipinski definition) is 2. The quantitative estimate of drug-likeness (QED) is 0.833. The highest BCUT2D eigenvalue weighted by atomic mass is 19.4. The Morgan fingerprint density at radius 1 is 0.957 bits per heavy atom. The van der Waals surface area contributed by atoms with Crippen LogP contribution < -0.4 is 0 Å². The molecule has 2 aromatic rings. The van der Waals surface area contributed by atoms with Gasteiger partial charge in [0, 0.05) is 0 Å². The first-order valence-electron chi connectivity index (χ1n) is 6.23. The Morgan fingerprint density at radius 2 is 1.57 bits per heavy atom. The van der Waals surface area contributed by atoms with E-state index in [0.717, 1.165) is 48.7 Å². The molecule has 0 aliphatic rings. The van der Waals surface area contributed by atoms with E-state index in [1.165, 1.54) is 0 Å². The normalized spacial score (nSPS) is 15.8. The van der Waals surface area contributed by atoms with E-state index in [2.05, 4.69) is 4.42 Å². The van der Waals surface area contributed by atoms with Crippen LogP contribution in [0.2, 0.25) is 0 Å². The predicted octanol–water partition coefficient (Wildman–Crippen LogP) is 4.52. The van der Waals surface area contributed by atoms with Crippen LogP contribution in [0.4, 0.5) is 26.3 Å². The van der Waals surface area contributed by atoms with Crippen molar-refractivity contribution < 1.29 is 35.9 Å². The van der Waals surface area contributed by atoms with Crippen molar-refractivity contribution in [3.8, 4) is 0 Å². The first-order valence-corrected chi connectivity index (χ1v) is 6.23. The summed E-state index contributed by atoms with van der Waals surface area (Å²) in [6.45, 7) is 0. The van der Waals surface area contributed by atoms with E-state index in [-0.39, 0.29) is 11.6 Å². The number of alkyl halides is 5. The largest absolute Gasteiger partial charge is 0.466 e. The summed E-state index contributed by atoms with van der Waals surface area (Å²) >= 11 is 0. The third-order valence-corrected chi connectivity index (χ3v) is 3.12. The lowest BCUT2D eigenvalue weighted by Crippen LogP contribution is -2.53. The Hall–Kier alpha value is -2.22. The zero-order valence-corrected chi connectivity index (χ0v) is 11.3. The molecule has 0 aliphatic carbocycles. The van der Waals surface area contributed by atoms with Crippen molar-refractivity contribution in [3.05, 3.63) is 65.9 Å². The molecule has 0 fully saturated rings. The summed E-state index contributed by atoms with van der Waals surface area (Å²) in [6.07, 6.45) is -4.06. The molecule has 1 heterocycles. The van der Waals surface area contributed by atoms with Gasteiger partial charge in [0.1, 0.15) is 11.6 Å². The second-order valence-electron chi connectivity index (χ2n) is 4.70. The molecule has 23 heavy (non-hydrogen) atoms.